The third kappa shape index (κ3) is 1.94. The quantitative estimate of drug-likeness (QED) is 0.757. The molecule has 1 atom stereocenters. The Morgan fingerprint density at radius 1 is 1.29 bits per heavy atom. The van der Waals surface area contributed by atoms with E-state index >= 15 is 0 Å². The summed E-state index contributed by atoms with van der Waals surface area (Å²) in [4.78, 5) is 11.8. The number of nitrogens with zero attached hydrogens (tertiary/aromatic N) is 4. The summed E-state index contributed by atoms with van der Waals surface area (Å²) < 4.78 is 1.93. The Balaban J connectivity index is 2.07. The van der Waals surface area contributed by atoms with Crippen molar-refractivity contribution in [1.82, 2.24) is 19.5 Å². The molecular formula is C9H11N5. The first kappa shape index (κ1) is 8.83. The summed E-state index contributed by atoms with van der Waals surface area (Å²) in [6, 6.07) is -0.0922. The molecule has 0 aliphatic carbocycles. The number of nitrogens with two attached hydrogens (primary N) is 1. The molecule has 0 radical (unpaired) electrons. The Morgan fingerprint density at radius 3 is 2.71 bits per heavy atom. The van der Waals surface area contributed by atoms with Gasteiger partial charge in [-0.1, -0.05) is 0 Å². The van der Waals surface area contributed by atoms with Gasteiger partial charge in [-0.25, -0.2) is 15.0 Å². The van der Waals surface area contributed by atoms with Gasteiger partial charge in [-0.3, -0.25) is 0 Å². The van der Waals surface area contributed by atoms with Crippen molar-refractivity contribution in [2.75, 3.05) is 0 Å². The second-order valence-electron chi connectivity index (χ2n) is 3.04. The van der Waals surface area contributed by atoms with Gasteiger partial charge in [0.15, 0.2) is 0 Å². The molecule has 0 saturated heterocycles. The largest absolute Gasteiger partial charge is 0.336 e. The predicted molar refractivity (Wildman–Crippen MR) is 51.2 cm³/mol. The highest BCUT2D eigenvalue weighted by Gasteiger charge is 2.06. The van der Waals surface area contributed by atoms with E-state index in [9.17, 15) is 0 Å². The van der Waals surface area contributed by atoms with Crippen LogP contribution in [-0.2, 0) is 6.54 Å². The molecule has 2 aromatic rings. The molecule has 0 saturated carbocycles. The summed E-state index contributed by atoms with van der Waals surface area (Å²) in [5, 5.41) is 0. The van der Waals surface area contributed by atoms with Crippen molar-refractivity contribution in [2.24, 2.45) is 5.73 Å². The summed E-state index contributed by atoms with van der Waals surface area (Å²) in [6.45, 7) is 0.688. The Kier molecular flexibility index (Phi) is 2.51. The second-order valence-corrected chi connectivity index (χ2v) is 3.04. The van der Waals surface area contributed by atoms with Crippen LogP contribution in [-0.4, -0.2) is 19.5 Å². The molecule has 5 heteroatoms. The van der Waals surface area contributed by atoms with Gasteiger partial charge in [-0.15, -0.1) is 0 Å². The summed E-state index contributed by atoms with van der Waals surface area (Å²) >= 11 is 0. The van der Waals surface area contributed by atoms with Crippen LogP contribution in [0.4, 0.5) is 0 Å². The Bertz CT molecular complexity index is 369. The van der Waals surface area contributed by atoms with E-state index in [1.165, 1.54) is 6.33 Å². The van der Waals surface area contributed by atoms with Crippen LogP contribution in [0.25, 0.3) is 0 Å². The number of hydrogen-bond donors (Lipinski definition) is 1. The average Bonchev–Trinajstić information content (AvgIpc) is 2.72. The molecule has 72 valence electrons. The van der Waals surface area contributed by atoms with E-state index in [1.54, 1.807) is 24.9 Å². The summed E-state index contributed by atoms with van der Waals surface area (Å²) in [5.41, 5.74) is 6.89. The third-order valence-corrected chi connectivity index (χ3v) is 1.98. The molecular weight excluding hydrogens is 178 g/mol. The lowest BCUT2D eigenvalue weighted by molar-refractivity contribution is 0.573. The zero-order valence-electron chi connectivity index (χ0n) is 7.61. The second kappa shape index (κ2) is 3.97. The van der Waals surface area contributed by atoms with E-state index in [4.69, 9.17) is 5.73 Å². The molecule has 0 aromatic carbocycles. The molecule has 5 nitrogen and oxygen atoms in total. The number of hydrogen-bond acceptors (Lipinski definition) is 4. The standard InChI is InChI=1S/C9H11N5/c10-9(5-14-2-1-11-7-14)8-3-12-6-13-4-8/h1-4,6-7,9H,5,10H2. The monoisotopic (exact) mass is 189 g/mol. The lowest BCUT2D eigenvalue weighted by Gasteiger charge is -2.10. The van der Waals surface area contributed by atoms with E-state index in [-0.39, 0.29) is 6.04 Å². The van der Waals surface area contributed by atoms with Gasteiger partial charge in [0, 0.05) is 36.9 Å². The minimum absolute atomic E-state index is 0.0922. The van der Waals surface area contributed by atoms with Crippen LogP contribution in [0.1, 0.15) is 11.6 Å². The smallest absolute Gasteiger partial charge is 0.115 e. The molecule has 0 aliphatic rings. The van der Waals surface area contributed by atoms with Gasteiger partial charge in [0.2, 0.25) is 0 Å². The van der Waals surface area contributed by atoms with Gasteiger partial charge in [-0.05, 0) is 0 Å². The molecule has 2 N–H and O–H groups in total. The fourth-order valence-corrected chi connectivity index (χ4v) is 1.23. The topological polar surface area (TPSA) is 69.6 Å². The maximum Gasteiger partial charge on any atom is 0.115 e. The molecule has 2 rings (SSSR count). The van der Waals surface area contributed by atoms with Gasteiger partial charge in [-0.2, -0.15) is 0 Å². The molecule has 2 heterocycles. The fourth-order valence-electron chi connectivity index (χ4n) is 1.23. The van der Waals surface area contributed by atoms with Crippen LogP contribution >= 0.6 is 0 Å². The van der Waals surface area contributed by atoms with Crippen LogP contribution in [0.3, 0.4) is 0 Å². The summed E-state index contributed by atoms with van der Waals surface area (Å²) in [5.74, 6) is 0. The molecule has 1 unspecified atom stereocenters. The fraction of sp³-hybridized carbons (Fsp3) is 0.222. The molecule has 0 amide bonds. The van der Waals surface area contributed by atoms with Gasteiger partial charge in [0.25, 0.3) is 0 Å². The van der Waals surface area contributed by atoms with Crippen molar-refractivity contribution in [2.45, 2.75) is 12.6 Å². The van der Waals surface area contributed by atoms with Gasteiger partial charge < -0.3 is 10.3 Å². The zero-order valence-corrected chi connectivity index (χ0v) is 7.61. The van der Waals surface area contributed by atoms with Crippen molar-refractivity contribution < 1.29 is 0 Å². The first-order chi connectivity index (χ1) is 6.86. The van der Waals surface area contributed by atoms with Crippen molar-refractivity contribution in [3.63, 3.8) is 0 Å². The molecule has 2 aromatic heterocycles. The van der Waals surface area contributed by atoms with Crippen LogP contribution in [0.5, 0.6) is 0 Å². The van der Waals surface area contributed by atoms with Crippen LogP contribution in [0.2, 0.25) is 0 Å². The SMILES string of the molecule is NC(Cn1ccnc1)c1cncnc1. The maximum atomic E-state index is 5.96. The predicted octanol–water partition coefficient (Wildman–Crippen LogP) is 0.373. The highest BCUT2D eigenvalue weighted by molar-refractivity contribution is 5.08. The molecule has 0 bridgehead atoms. The van der Waals surface area contributed by atoms with E-state index in [2.05, 4.69) is 15.0 Å². The molecule has 0 aliphatic heterocycles. The van der Waals surface area contributed by atoms with Gasteiger partial charge in [0.1, 0.15) is 6.33 Å². The Morgan fingerprint density at radius 2 is 2.07 bits per heavy atom. The Hall–Kier alpha value is -1.75. The van der Waals surface area contributed by atoms with Gasteiger partial charge >= 0.3 is 0 Å². The highest BCUT2D eigenvalue weighted by Crippen LogP contribution is 2.08. The van der Waals surface area contributed by atoms with E-state index in [1.807, 2.05) is 10.8 Å². The molecule has 0 spiro atoms. The first-order valence-electron chi connectivity index (χ1n) is 4.32. The maximum absolute atomic E-state index is 5.96. The zero-order chi connectivity index (χ0) is 9.80. The summed E-state index contributed by atoms with van der Waals surface area (Å²) in [6.07, 6.45) is 10.3. The van der Waals surface area contributed by atoms with Crippen molar-refractivity contribution >= 4 is 0 Å². The molecule has 0 fully saturated rings. The van der Waals surface area contributed by atoms with E-state index in [0.29, 0.717) is 6.54 Å². The van der Waals surface area contributed by atoms with E-state index < -0.39 is 0 Å². The van der Waals surface area contributed by atoms with Gasteiger partial charge in [0.05, 0.1) is 12.4 Å². The lowest BCUT2D eigenvalue weighted by Crippen LogP contribution is -2.17. The number of rotatable bonds is 3. The van der Waals surface area contributed by atoms with Crippen LogP contribution < -0.4 is 5.73 Å². The first-order valence-corrected chi connectivity index (χ1v) is 4.32. The van der Waals surface area contributed by atoms with Crippen LogP contribution in [0, 0.1) is 0 Å². The third-order valence-electron chi connectivity index (χ3n) is 1.98. The molecule has 14 heavy (non-hydrogen) atoms. The van der Waals surface area contributed by atoms with E-state index in [0.717, 1.165) is 5.56 Å². The lowest BCUT2D eigenvalue weighted by atomic mass is 10.2. The minimum Gasteiger partial charge on any atom is -0.336 e. The van der Waals surface area contributed by atoms with Crippen molar-refractivity contribution in [1.29, 1.82) is 0 Å². The van der Waals surface area contributed by atoms with Crippen molar-refractivity contribution in [3.05, 3.63) is 43.0 Å². The number of aromatic nitrogens is 4. The van der Waals surface area contributed by atoms with Crippen LogP contribution in [0.15, 0.2) is 37.4 Å². The highest BCUT2D eigenvalue weighted by atomic mass is 15.0. The van der Waals surface area contributed by atoms with Crippen molar-refractivity contribution in [3.8, 4) is 0 Å². The average molecular weight is 189 g/mol. The Labute approximate surface area is 81.6 Å². The minimum atomic E-state index is -0.0922. The number of imidazole rings is 1. The summed E-state index contributed by atoms with van der Waals surface area (Å²) in [7, 11) is 0. The normalized spacial score (nSPS) is 12.6.